The van der Waals surface area contributed by atoms with Gasteiger partial charge < -0.3 is 13.9 Å². The standard InChI is InChI=1S/C21H12Cl2N2O5/c22-13-2-5-18-12(7-13)9-19(30-18)20(26)25-24-10-14-3-6-17(29-14)11-1-4-15(21(27)28)16(23)8-11/h1-10H,(H,25,26)(H,27,28). The maximum Gasteiger partial charge on any atom is 0.337 e. The Kier molecular flexibility index (Phi) is 5.31. The number of amides is 1. The summed E-state index contributed by atoms with van der Waals surface area (Å²) in [6.07, 6.45) is 1.33. The third-order valence-corrected chi connectivity index (χ3v) is 4.72. The third kappa shape index (κ3) is 4.07. The summed E-state index contributed by atoms with van der Waals surface area (Å²) in [7, 11) is 0. The van der Waals surface area contributed by atoms with Gasteiger partial charge in [-0.05, 0) is 48.5 Å². The van der Waals surface area contributed by atoms with E-state index in [4.69, 9.17) is 37.1 Å². The summed E-state index contributed by atoms with van der Waals surface area (Å²) in [6.45, 7) is 0. The summed E-state index contributed by atoms with van der Waals surface area (Å²) in [5.41, 5.74) is 3.51. The summed E-state index contributed by atoms with van der Waals surface area (Å²) in [6, 6.07) is 14.4. The number of nitrogens with zero attached hydrogens (tertiary/aromatic N) is 1. The summed E-state index contributed by atoms with van der Waals surface area (Å²) < 4.78 is 11.1. The van der Waals surface area contributed by atoms with Crippen LogP contribution in [0, 0.1) is 0 Å². The van der Waals surface area contributed by atoms with Gasteiger partial charge in [-0.3, -0.25) is 4.79 Å². The SMILES string of the molecule is O=C(NN=Cc1ccc(-c2ccc(C(=O)O)c(Cl)c2)o1)c1cc2cc(Cl)ccc2o1. The van der Waals surface area contributed by atoms with Gasteiger partial charge in [-0.1, -0.05) is 29.3 Å². The Hall–Kier alpha value is -3.55. The van der Waals surface area contributed by atoms with E-state index in [1.54, 1.807) is 42.5 Å². The van der Waals surface area contributed by atoms with Crippen LogP contribution in [0.3, 0.4) is 0 Å². The van der Waals surface area contributed by atoms with Crippen molar-refractivity contribution in [2.24, 2.45) is 5.10 Å². The van der Waals surface area contributed by atoms with Crippen molar-refractivity contribution in [3.63, 3.8) is 0 Å². The molecule has 30 heavy (non-hydrogen) atoms. The highest BCUT2D eigenvalue weighted by Gasteiger charge is 2.13. The molecule has 7 nitrogen and oxygen atoms in total. The highest BCUT2D eigenvalue weighted by Crippen LogP contribution is 2.27. The normalized spacial score (nSPS) is 11.3. The van der Waals surface area contributed by atoms with Crippen molar-refractivity contribution in [1.82, 2.24) is 5.43 Å². The quantitative estimate of drug-likeness (QED) is 0.315. The van der Waals surface area contributed by atoms with Crippen LogP contribution in [0.1, 0.15) is 26.7 Å². The van der Waals surface area contributed by atoms with E-state index in [2.05, 4.69) is 10.5 Å². The Labute approximate surface area is 179 Å². The maximum absolute atomic E-state index is 12.2. The molecule has 4 aromatic rings. The Morgan fingerprint density at radius 2 is 1.83 bits per heavy atom. The smallest absolute Gasteiger partial charge is 0.337 e. The number of carboxylic acid groups (broad SMARTS) is 1. The van der Waals surface area contributed by atoms with E-state index in [0.717, 1.165) is 0 Å². The van der Waals surface area contributed by atoms with Gasteiger partial charge in [-0.2, -0.15) is 5.10 Å². The average Bonchev–Trinajstić information content (AvgIpc) is 3.34. The van der Waals surface area contributed by atoms with E-state index < -0.39 is 11.9 Å². The number of nitrogens with one attached hydrogen (secondary N) is 1. The van der Waals surface area contributed by atoms with Crippen molar-refractivity contribution < 1.29 is 23.5 Å². The van der Waals surface area contributed by atoms with Crippen LogP contribution < -0.4 is 5.43 Å². The average molecular weight is 443 g/mol. The molecule has 2 N–H and O–H groups in total. The number of hydrazone groups is 1. The molecule has 0 unspecified atom stereocenters. The predicted molar refractivity (Wildman–Crippen MR) is 112 cm³/mol. The summed E-state index contributed by atoms with van der Waals surface area (Å²) in [4.78, 5) is 23.2. The largest absolute Gasteiger partial charge is 0.478 e. The first-order chi connectivity index (χ1) is 14.4. The van der Waals surface area contributed by atoms with E-state index in [0.29, 0.717) is 33.1 Å². The second kappa shape index (κ2) is 8.06. The van der Waals surface area contributed by atoms with Crippen LogP contribution in [0.25, 0.3) is 22.3 Å². The first kappa shape index (κ1) is 19.8. The number of rotatable bonds is 5. The van der Waals surface area contributed by atoms with Crippen LogP contribution in [0.2, 0.25) is 10.0 Å². The molecule has 0 aliphatic rings. The van der Waals surface area contributed by atoms with Crippen molar-refractivity contribution in [3.05, 3.63) is 81.7 Å². The van der Waals surface area contributed by atoms with E-state index >= 15 is 0 Å². The Morgan fingerprint density at radius 1 is 1.00 bits per heavy atom. The molecule has 0 atom stereocenters. The highest BCUT2D eigenvalue weighted by atomic mass is 35.5. The molecule has 0 aliphatic heterocycles. The molecule has 2 heterocycles. The van der Waals surface area contributed by atoms with Gasteiger partial charge in [0.05, 0.1) is 16.8 Å². The van der Waals surface area contributed by atoms with Gasteiger partial charge in [0.25, 0.3) is 0 Å². The maximum atomic E-state index is 12.2. The minimum Gasteiger partial charge on any atom is -0.478 e. The number of hydrogen-bond acceptors (Lipinski definition) is 5. The fourth-order valence-electron chi connectivity index (χ4n) is 2.75. The monoisotopic (exact) mass is 442 g/mol. The molecule has 1 amide bonds. The molecular formula is C21H12Cl2N2O5. The number of aromatic carboxylic acids is 1. The zero-order chi connectivity index (χ0) is 21.3. The highest BCUT2D eigenvalue weighted by molar-refractivity contribution is 6.33. The van der Waals surface area contributed by atoms with Gasteiger partial charge >= 0.3 is 11.9 Å². The van der Waals surface area contributed by atoms with Gasteiger partial charge in [0, 0.05) is 16.0 Å². The molecule has 0 spiro atoms. The molecule has 0 bridgehead atoms. The van der Waals surface area contributed by atoms with Crippen molar-refractivity contribution in [3.8, 4) is 11.3 Å². The summed E-state index contributed by atoms with van der Waals surface area (Å²) in [5, 5.41) is 14.2. The van der Waals surface area contributed by atoms with Crippen LogP contribution in [-0.2, 0) is 0 Å². The molecule has 0 saturated heterocycles. The van der Waals surface area contributed by atoms with Gasteiger partial charge in [0.15, 0.2) is 5.76 Å². The van der Waals surface area contributed by atoms with E-state index in [1.807, 2.05) is 0 Å². The number of furan rings is 2. The van der Waals surface area contributed by atoms with Gasteiger partial charge in [0.2, 0.25) is 0 Å². The van der Waals surface area contributed by atoms with Gasteiger partial charge in [0.1, 0.15) is 17.1 Å². The van der Waals surface area contributed by atoms with Crippen LogP contribution in [0.4, 0.5) is 0 Å². The number of benzene rings is 2. The van der Waals surface area contributed by atoms with Crippen LogP contribution >= 0.6 is 23.2 Å². The van der Waals surface area contributed by atoms with Crippen LogP contribution in [0.5, 0.6) is 0 Å². The van der Waals surface area contributed by atoms with E-state index in [9.17, 15) is 9.59 Å². The minimum absolute atomic E-state index is 0.00401. The number of halogens is 2. The van der Waals surface area contributed by atoms with Gasteiger partial charge in [-0.15, -0.1) is 0 Å². The van der Waals surface area contributed by atoms with Crippen molar-refractivity contribution >= 4 is 52.3 Å². The Morgan fingerprint density at radius 3 is 2.60 bits per heavy atom. The molecule has 4 rings (SSSR count). The lowest BCUT2D eigenvalue weighted by atomic mass is 10.1. The van der Waals surface area contributed by atoms with E-state index in [1.165, 1.54) is 18.3 Å². The van der Waals surface area contributed by atoms with Crippen molar-refractivity contribution in [1.29, 1.82) is 0 Å². The molecule has 0 fully saturated rings. The molecule has 0 aliphatic carbocycles. The van der Waals surface area contributed by atoms with Gasteiger partial charge in [-0.25, -0.2) is 10.2 Å². The zero-order valence-electron chi connectivity index (χ0n) is 15.1. The lowest BCUT2D eigenvalue weighted by Crippen LogP contribution is -2.16. The number of carbonyl (C=O) groups excluding carboxylic acids is 1. The number of carboxylic acids is 1. The summed E-state index contributed by atoms with van der Waals surface area (Å²) in [5.74, 6) is -0.697. The minimum atomic E-state index is -1.11. The number of hydrogen-bond donors (Lipinski definition) is 2. The Bertz CT molecular complexity index is 1310. The second-order valence-corrected chi connectivity index (χ2v) is 7.04. The van der Waals surface area contributed by atoms with E-state index in [-0.39, 0.29) is 16.3 Å². The first-order valence-corrected chi connectivity index (χ1v) is 9.32. The molecule has 0 saturated carbocycles. The van der Waals surface area contributed by atoms with Crippen molar-refractivity contribution in [2.75, 3.05) is 0 Å². The topological polar surface area (TPSA) is 105 Å². The predicted octanol–water partition coefficient (Wildman–Crippen LogP) is 5.46. The molecule has 9 heteroatoms. The molecule has 0 radical (unpaired) electrons. The first-order valence-electron chi connectivity index (χ1n) is 8.56. The Balaban J connectivity index is 1.44. The lowest BCUT2D eigenvalue weighted by Gasteiger charge is -2.01. The molecule has 2 aromatic carbocycles. The van der Waals surface area contributed by atoms with Crippen LogP contribution in [0.15, 0.2) is 68.5 Å². The third-order valence-electron chi connectivity index (χ3n) is 4.17. The fraction of sp³-hybridized carbons (Fsp3) is 0. The lowest BCUT2D eigenvalue weighted by molar-refractivity contribution is 0.0696. The number of carbonyl (C=O) groups is 2. The zero-order valence-corrected chi connectivity index (χ0v) is 16.6. The molecular weight excluding hydrogens is 431 g/mol. The number of fused-ring (bicyclic) bond motifs is 1. The second-order valence-electron chi connectivity index (χ2n) is 6.19. The summed E-state index contributed by atoms with van der Waals surface area (Å²) >= 11 is 11.9. The van der Waals surface area contributed by atoms with Crippen LogP contribution in [-0.4, -0.2) is 23.2 Å². The molecule has 2 aromatic heterocycles. The molecule has 150 valence electrons. The van der Waals surface area contributed by atoms with Crippen molar-refractivity contribution in [2.45, 2.75) is 0 Å². The fourth-order valence-corrected chi connectivity index (χ4v) is 3.20.